The summed E-state index contributed by atoms with van der Waals surface area (Å²) in [4.78, 5) is 38.2. The van der Waals surface area contributed by atoms with Crippen molar-refractivity contribution < 1.29 is 28.6 Å². The second-order valence-electron chi connectivity index (χ2n) is 22.7. The smallest absolute Gasteiger partial charge is 0.306 e. The largest absolute Gasteiger partial charge is 0.462 e. The summed E-state index contributed by atoms with van der Waals surface area (Å²) in [5.41, 5.74) is 0. The Labute approximate surface area is 507 Å². The second-order valence-corrected chi connectivity index (χ2v) is 22.7. The quantitative estimate of drug-likeness (QED) is 0.0261. The van der Waals surface area contributed by atoms with E-state index in [0.29, 0.717) is 19.3 Å². The highest BCUT2D eigenvalue weighted by Crippen LogP contribution is 2.17. The Morgan fingerprint density at radius 3 is 0.744 bits per heavy atom. The molecule has 0 saturated carbocycles. The number of ether oxygens (including phenoxy) is 3. The van der Waals surface area contributed by atoms with Crippen LogP contribution in [0.25, 0.3) is 0 Å². The SMILES string of the molecule is CC/C=C\C/C=C\C/C=C\C/C=C\C/C=C\C/C=C\CCCCCCC(=O)OC(COC(=O)CCCCCCCCCC)COC(=O)CCCCCCCCCCCCCCCCCCCCCC/C=C\C/C=C\C/C=C\C/C=C\CC. The molecule has 82 heavy (non-hydrogen) atoms. The minimum Gasteiger partial charge on any atom is -0.462 e. The zero-order valence-corrected chi connectivity index (χ0v) is 53.7. The van der Waals surface area contributed by atoms with E-state index in [-0.39, 0.29) is 31.1 Å². The summed E-state index contributed by atoms with van der Waals surface area (Å²) in [5, 5.41) is 0. The Morgan fingerprint density at radius 1 is 0.256 bits per heavy atom. The van der Waals surface area contributed by atoms with Gasteiger partial charge in [0.25, 0.3) is 0 Å². The summed E-state index contributed by atoms with van der Waals surface area (Å²) in [7, 11) is 0. The van der Waals surface area contributed by atoms with Crippen molar-refractivity contribution in [2.45, 2.75) is 329 Å². The maximum absolute atomic E-state index is 12.9. The van der Waals surface area contributed by atoms with Gasteiger partial charge in [0.2, 0.25) is 0 Å². The summed E-state index contributed by atoms with van der Waals surface area (Å²) < 4.78 is 16.9. The molecule has 0 saturated heterocycles. The normalized spacial score (nSPS) is 12.9. The van der Waals surface area contributed by atoms with Gasteiger partial charge in [0.1, 0.15) is 13.2 Å². The van der Waals surface area contributed by atoms with Crippen LogP contribution in [0.4, 0.5) is 0 Å². The van der Waals surface area contributed by atoms with E-state index in [1.807, 2.05) is 0 Å². The number of allylic oxidation sites excluding steroid dienone is 20. The van der Waals surface area contributed by atoms with Crippen molar-refractivity contribution in [1.82, 2.24) is 0 Å². The predicted octanol–water partition coefficient (Wildman–Crippen LogP) is 23.9. The van der Waals surface area contributed by atoms with Crippen molar-refractivity contribution >= 4 is 17.9 Å². The maximum atomic E-state index is 12.9. The van der Waals surface area contributed by atoms with Crippen LogP contribution in [0.2, 0.25) is 0 Å². The molecule has 0 aliphatic carbocycles. The number of carbonyl (C=O) groups excluding carboxylic acids is 3. The molecular weight excluding hydrogens is 1010 g/mol. The molecule has 0 aliphatic rings. The van der Waals surface area contributed by atoms with Crippen LogP contribution in [0.15, 0.2) is 122 Å². The Hall–Kier alpha value is -4.19. The highest BCUT2D eigenvalue weighted by Gasteiger charge is 2.19. The molecule has 0 aromatic rings. The van der Waals surface area contributed by atoms with Gasteiger partial charge in [-0.3, -0.25) is 14.4 Å². The Bertz CT molecular complexity index is 1690. The second kappa shape index (κ2) is 69.3. The molecule has 0 aromatic heterocycles. The van der Waals surface area contributed by atoms with Crippen LogP contribution in [-0.2, 0) is 28.6 Å². The van der Waals surface area contributed by atoms with Gasteiger partial charge in [-0.2, -0.15) is 0 Å². The molecular formula is C76H128O6. The molecule has 0 bridgehead atoms. The molecule has 0 spiro atoms. The maximum Gasteiger partial charge on any atom is 0.306 e. The van der Waals surface area contributed by atoms with Crippen molar-refractivity contribution in [2.24, 2.45) is 0 Å². The van der Waals surface area contributed by atoms with Crippen molar-refractivity contribution in [2.75, 3.05) is 13.2 Å². The molecule has 0 radical (unpaired) electrons. The minimum absolute atomic E-state index is 0.0864. The lowest BCUT2D eigenvalue weighted by atomic mass is 10.0. The van der Waals surface area contributed by atoms with E-state index in [1.165, 1.54) is 148 Å². The first-order valence-electron chi connectivity index (χ1n) is 34.5. The van der Waals surface area contributed by atoms with Gasteiger partial charge in [0.05, 0.1) is 0 Å². The fraction of sp³-hybridized carbons (Fsp3) is 0.697. The van der Waals surface area contributed by atoms with Gasteiger partial charge >= 0.3 is 17.9 Å². The third-order valence-corrected chi connectivity index (χ3v) is 14.7. The molecule has 0 N–H and O–H groups in total. The third-order valence-electron chi connectivity index (χ3n) is 14.7. The van der Waals surface area contributed by atoms with E-state index >= 15 is 0 Å². The van der Waals surface area contributed by atoms with E-state index in [0.717, 1.165) is 135 Å². The zero-order chi connectivity index (χ0) is 59.2. The summed E-state index contributed by atoms with van der Waals surface area (Å²) in [6, 6.07) is 0. The molecule has 6 nitrogen and oxygen atoms in total. The van der Waals surface area contributed by atoms with Gasteiger partial charge in [0, 0.05) is 19.3 Å². The highest BCUT2D eigenvalue weighted by atomic mass is 16.6. The van der Waals surface area contributed by atoms with E-state index < -0.39 is 6.10 Å². The van der Waals surface area contributed by atoms with Crippen LogP contribution >= 0.6 is 0 Å². The summed E-state index contributed by atoms with van der Waals surface area (Å²) >= 11 is 0. The lowest BCUT2D eigenvalue weighted by Gasteiger charge is -2.18. The molecule has 0 heterocycles. The first-order chi connectivity index (χ1) is 40.5. The number of carbonyl (C=O) groups is 3. The van der Waals surface area contributed by atoms with Gasteiger partial charge in [-0.1, -0.05) is 316 Å². The number of unbranched alkanes of at least 4 members (excludes halogenated alkanes) is 31. The minimum atomic E-state index is -0.791. The molecule has 1 unspecified atom stereocenters. The summed E-state index contributed by atoms with van der Waals surface area (Å²) in [5.74, 6) is -0.906. The number of hydrogen-bond donors (Lipinski definition) is 0. The molecule has 0 amide bonds. The van der Waals surface area contributed by atoms with Crippen LogP contribution in [0.1, 0.15) is 323 Å². The van der Waals surface area contributed by atoms with Gasteiger partial charge in [0.15, 0.2) is 6.10 Å². The van der Waals surface area contributed by atoms with Crippen LogP contribution in [0.5, 0.6) is 0 Å². The highest BCUT2D eigenvalue weighted by molar-refractivity contribution is 5.71. The fourth-order valence-corrected chi connectivity index (χ4v) is 9.62. The van der Waals surface area contributed by atoms with Gasteiger partial charge in [-0.05, 0) is 109 Å². The van der Waals surface area contributed by atoms with E-state index in [2.05, 4.69) is 142 Å². The molecule has 0 rings (SSSR count). The van der Waals surface area contributed by atoms with Crippen LogP contribution < -0.4 is 0 Å². The molecule has 0 aromatic carbocycles. The monoisotopic (exact) mass is 1140 g/mol. The molecule has 0 aliphatic heterocycles. The fourth-order valence-electron chi connectivity index (χ4n) is 9.62. The number of rotatable bonds is 62. The molecule has 0 fully saturated rings. The van der Waals surface area contributed by atoms with Crippen molar-refractivity contribution in [3.63, 3.8) is 0 Å². The van der Waals surface area contributed by atoms with E-state index in [4.69, 9.17) is 14.2 Å². The molecule has 6 heteroatoms. The average Bonchev–Trinajstić information content (AvgIpc) is 3.47. The standard InChI is InChI=1S/C76H128O6/c1-4-7-10-13-16-19-21-23-25-27-29-31-33-34-35-36-37-38-39-40-41-42-44-45-47-49-51-53-55-57-60-63-66-69-75(78)81-72-73(71-80-74(77)68-65-62-59-18-15-12-9-6-3)82-76(79)70-67-64-61-58-56-54-52-50-48-46-43-32-30-28-26-24-22-20-17-14-11-8-5-2/h7-8,10-11,16-17,19-20,23-26,29-32,46,48,52,54,73H,4-6,9,12-15,18,21-22,27-28,33-45,47,49-51,53,55-72H2,1-3H3/b10-7-,11-8-,19-16-,20-17-,25-23-,26-24-,31-29-,32-30-,48-46-,54-52-. The lowest BCUT2D eigenvalue weighted by Crippen LogP contribution is -2.30. The van der Waals surface area contributed by atoms with Gasteiger partial charge in [-0.15, -0.1) is 0 Å². The van der Waals surface area contributed by atoms with Gasteiger partial charge in [-0.25, -0.2) is 0 Å². The number of esters is 3. The van der Waals surface area contributed by atoms with Gasteiger partial charge < -0.3 is 14.2 Å². The van der Waals surface area contributed by atoms with Crippen LogP contribution in [0, 0.1) is 0 Å². The van der Waals surface area contributed by atoms with Crippen LogP contribution in [0.3, 0.4) is 0 Å². The van der Waals surface area contributed by atoms with E-state index in [1.54, 1.807) is 0 Å². The zero-order valence-electron chi connectivity index (χ0n) is 53.7. The first kappa shape index (κ1) is 77.8. The Morgan fingerprint density at radius 2 is 0.476 bits per heavy atom. The first-order valence-corrected chi connectivity index (χ1v) is 34.5. The van der Waals surface area contributed by atoms with Crippen LogP contribution in [-0.4, -0.2) is 37.2 Å². The molecule has 468 valence electrons. The predicted molar refractivity (Wildman–Crippen MR) is 357 cm³/mol. The summed E-state index contributed by atoms with van der Waals surface area (Å²) in [6.45, 7) is 6.39. The van der Waals surface area contributed by atoms with Crippen molar-refractivity contribution in [3.8, 4) is 0 Å². The Balaban J connectivity index is 4.12. The topological polar surface area (TPSA) is 78.9 Å². The number of hydrogen-bond acceptors (Lipinski definition) is 6. The lowest BCUT2D eigenvalue weighted by molar-refractivity contribution is -0.167. The van der Waals surface area contributed by atoms with Crippen molar-refractivity contribution in [1.29, 1.82) is 0 Å². The third kappa shape index (κ3) is 66.6. The van der Waals surface area contributed by atoms with E-state index in [9.17, 15) is 14.4 Å². The van der Waals surface area contributed by atoms with Crippen molar-refractivity contribution in [3.05, 3.63) is 122 Å². The summed E-state index contributed by atoms with van der Waals surface area (Å²) in [6.07, 6.45) is 96.8. The molecule has 1 atom stereocenters. The Kier molecular flexibility index (Phi) is 65.8. The average molecular weight is 1140 g/mol.